The molecule has 11 heteroatoms. The summed E-state index contributed by atoms with van der Waals surface area (Å²) in [4.78, 5) is 0.0261. The van der Waals surface area contributed by atoms with Crippen LogP contribution in [0.2, 0.25) is 0 Å². The standard InChI is InChI=1S/C28H24FN5O4S/c29-22-8-3-6-20(14-22)16-33-18-23(31-32-33)19-34-17-21-7-1-2-11-26(21)38-27-12-4-10-25(28(27)39(34,35)36)30-15-24-9-5-13-37-24/h1-14,18,30H,15-17,19H2. The predicted molar refractivity (Wildman–Crippen MR) is 141 cm³/mol. The maximum atomic E-state index is 14.2. The van der Waals surface area contributed by atoms with Crippen LogP contribution in [0.1, 0.15) is 22.6 Å². The number of hydrogen-bond donors (Lipinski definition) is 1. The van der Waals surface area contributed by atoms with Gasteiger partial charge in [0.15, 0.2) is 0 Å². The van der Waals surface area contributed by atoms with Gasteiger partial charge in [0.1, 0.15) is 28.0 Å². The molecule has 2 aromatic heterocycles. The van der Waals surface area contributed by atoms with Crippen LogP contribution in [0.15, 0.2) is 101 Å². The minimum atomic E-state index is -4.07. The number of benzene rings is 3. The molecule has 0 atom stereocenters. The number of nitrogens with zero attached hydrogens (tertiary/aromatic N) is 4. The van der Waals surface area contributed by atoms with Crippen LogP contribution in [-0.2, 0) is 36.2 Å². The lowest BCUT2D eigenvalue weighted by Crippen LogP contribution is -2.32. The van der Waals surface area contributed by atoms with Crippen molar-refractivity contribution in [1.82, 2.24) is 19.3 Å². The van der Waals surface area contributed by atoms with Crippen molar-refractivity contribution in [3.05, 3.63) is 120 Å². The number of aromatic nitrogens is 3. The zero-order chi connectivity index (χ0) is 26.8. The summed E-state index contributed by atoms with van der Waals surface area (Å²) in [6.45, 7) is 0.648. The summed E-state index contributed by atoms with van der Waals surface area (Å²) >= 11 is 0. The topological polar surface area (TPSA) is 102 Å². The minimum Gasteiger partial charge on any atom is -0.467 e. The Morgan fingerprint density at radius 1 is 0.949 bits per heavy atom. The van der Waals surface area contributed by atoms with E-state index in [0.717, 1.165) is 5.56 Å². The summed E-state index contributed by atoms with van der Waals surface area (Å²) in [5, 5.41) is 11.5. The van der Waals surface area contributed by atoms with Gasteiger partial charge in [-0.15, -0.1) is 5.10 Å². The predicted octanol–water partition coefficient (Wildman–Crippen LogP) is 5.17. The van der Waals surface area contributed by atoms with E-state index in [9.17, 15) is 12.8 Å². The zero-order valence-electron chi connectivity index (χ0n) is 20.7. The van der Waals surface area contributed by atoms with E-state index < -0.39 is 10.0 Å². The van der Waals surface area contributed by atoms with Crippen molar-refractivity contribution in [2.24, 2.45) is 0 Å². The van der Waals surface area contributed by atoms with Crippen molar-refractivity contribution in [2.45, 2.75) is 31.1 Å². The van der Waals surface area contributed by atoms with Crippen LogP contribution in [0.3, 0.4) is 0 Å². The molecule has 0 unspecified atom stereocenters. The number of furan rings is 1. The lowest BCUT2D eigenvalue weighted by molar-refractivity contribution is 0.372. The molecular weight excluding hydrogens is 521 g/mol. The van der Waals surface area contributed by atoms with Gasteiger partial charge in [0, 0.05) is 12.1 Å². The summed E-state index contributed by atoms with van der Waals surface area (Å²) in [5.74, 6) is 1.10. The second-order valence-corrected chi connectivity index (χ2v) is 11.0. The molecule has 3 heterocycles. The first-order chi connectivity index (χ1) is 19.0. The fraction of sp³-hybridized carbons (Fsp3) is 0.143. The van der Waals surface area contributed by atoms with Crippen LogP contribution < -0.4 is 10.1 Å². The van der Waals surface area contributed by atoms with Crippen LogP contribution in [0, 0.1) is 5.82 Å². The normalized spacial score (nSPS) is 14.5. The van der Waals surface area contributed by atoms with Gasteiger partial charge in [0.2, 0.25) is 10.0 Å². The first-order valence-electron chi connectivity index (χ1n) is 12.2. The highest BCUT2D eigenvalue weighted by atomic mass is 32.2. The number of fused-ring (bicyclic) bond motifs is 2. The number of ether oxygens (including phenoxy) is 1. The van der Waals surface area contributed by atoms with E-state index in [1.165, 1.54) is 16.4 Å². The molecule has 0 aliphatic carbocycles. The maximum absolute atomic E-state index is 14.2. The average molecular weight is 546 g/mol. The third-order valence-corrected chi connectivity index (χ3v) is 8.18. The average Bonchev–Trinajstić information content (AvgIpc) is 3.60. The highest BCUT2D eigenvalue weighted by Gasteiger charge is 2.34. The highest BCUT2D eigenvalue weighted by Crippen LogP contribution is 2.41. The quantitative estimate of drug-likeness (QED) is 0.301. The summed E-state index contributed by atoms with van der Waals surface area (Å²) < 4.78 is 56.5. The molecule has 1 N–H and O–H groups in total. The third-order valence-electron chi connectivity index (χ3n) is 6.31. The van der Waals surface area contributed by atoms with Crippen molar-refractivity contribution in [2.75, 3.05) is 5.32 Å². The SMILES string of the molecule is O=S1(=O)c2c(NCc3ccco3)cccc2Oc2ccccc2CN1Cc1cn(Cc2cccc(F)c2)nn1. The van der Waals surface area contributed by atoms with E-state index in [0.29, 0.717) is 41.5 Å². The fourth-order valence-corrected chi connectivity index (χ4v) is 6.14. The Balaban J connectivity index is 1.35. The molecule has 0 radical (unpaired) electrons. The van der Waals surface area contributed by atoms with Gasteiger partial charge in [-0.25, -0.2) is 17.5 Å². The molecule has 0 fully saturated rings. The van der Waals surface area contributed by atoms with Crippen LogP contribution in [0.25, 0.3) is 0 Å². The largest absolute Gasteiger partial charge is 0.467 e. The Morgan fingerprint density at radius 3 is 2.64 bits per heavy atom. The molecule has 0 amide bonds. The molecule has 39 heavy (non-hydrogen) atoms. The van der Waals surface area contributed by atoms with Crippen molar-refractivity contribution in [3.8, 4) is 11.5 Å². The number of rotatable bonds is 7. The molecule has 0 spiro atoms. The lowest BCUT2D eigenvalue weighted by atomic mass is 10.2. The van der Waals surface area contributed by atoms with Crippen molar-refractivity contribution in [1.29, 1.82) is 0 Å². The molecular formula is C28H24FN5O4S. The Kier molecular flexibility index (Phi) is 6.59. The van der Waals surface area contributed by atoms with Gasteiger partial charge in [-0.1, -0.05) is 41.6 Å². The first-order valence-corrected chi connectivity index (χ1v) is 13.7. The van der Waals surface area contributed by atoms with Gasteiger partial charge in [-0.2, -0.15) is 4.31 Å². The molecule has 0 saturated carbocycles. The van der Waals surface area contributed by atoms with Gasteiger partial charge in [0.05, 0.1) is 43.5 Å². The molecule has 0 saturated heterocycles. The highest BCUT2D eigenvalue weighted by molar-refractivity contribution is 7.89. The lowest BCUT2D eigenvalue weighted by Gasteiger charge is -2.28. The number of hydrogen-bond acceptors (Lipinski definition) is 7. The second-order valence-electron chi connectivity index (χ2n) is 9.09. The molecule has 198 valence electrons. The van der Waals surface area contributed by atoms with Crippen LogP contribution >= 0.6 is 0 Å². The van der Waals surface area contributed by atoms with Gasteiger partial charge in [-0.05, 0) is 48.0 Å². The van der Waals surface area contributed by atoms with E-state index >= 15 is 0 Å². The molecule has 1 aliphatic rings. The summed E-state index contributed by atoms with van der Waals surface area (Å²) in [5.41, 5.74) is 2.28. The summed E-state index contributed by atoms with van der Waals surface area (Å²) in [7, 11) is -4.07. The van der Waals surface area contributed by atoms with Crippen molar-refractivity contribution >= 4 is 15.7 Å². The minimum absolute atomic E-state index is 0.0220. The van der Waals surface area contributed by atoms with E-state index in [1.807, 2.05) is 24.3 Å². The number of anilines is 1. The fourth-order valence-electron chi connectivity index (χ4n) is 4.49. The van der Waals surface area contributed by atoms with E-state index in [-0.39, 0.29) is 29.6 Å². The third kappa shape index (κ3) is 5.27. The van der Waals surface area contributed by atoms with Crippen molar-refractivity contribution < 1.29 is 22.0 Å². The first kappa shape index (κ1) is 24.8. The van der Waals surface area contributed by atoms with E-state index in [2.05, 4.69) is 15.6 Å². The van der Waals surface area contributed by atoms with E-state index in [4.69, 9.17) is 9.15 Å². The Bertz CT molecular complexity index is 1720. The van der Waals surface area contributed by atoms with E-state index in [1.54, 1.807) is 59.6 Å². The van der Waals surface area contributed by atoms with Gasteiger partial charge in [-0.3, -0.25) is 0 Å². The van der Waals surface area contributed by atoms with Gasteiger partial charge < -0.3 is 14.5 Å². The molecule has 1 aliphatic heterocycles. The Morgan fingerprint density at radius 2 is 1.79 bits per heavy atom. The number of halogens is 1. The van der Waals surface area contributed by atoms with Crippen LogP contribution in [0.5, 0.6) is 11.5 Å². The monoisotopic (exact) mass is 545 g/mol. The number of nitrogens with one attached hydrogen (secondary N) is 1. The zero-order valence-corrected chi connectivity index (χ0v) is 21.5. The smallest absolute Gasteiger partial charge is 0.249 e. The molecule has 0 bridgehead atoms. The summed E-state index contributed by atoms with van der Waals surface area (Å²) in [6.07, 6.45) is 3.23. The van der Waals surface area contributed by atoms with Gasteiger partial charge in [0.25, 0.3) is 0 Å². The van der Waals surface area contributed by atoms with Crippen LogP contribution in [0.4, 0.5) is 10.1 Å². The molecule has 3 aromatic carbocycles. The molecule has 6 rings (SSSR count). The second kappa shape index (κ2) is 10.4. The van der Waals surface area contributed by atoms with Crippen LogP contribution in [-0.4, -0.2) is 27.7 Å². The van der Waals surface area contributed by atoms with Gasteiger partial charge >= 0.3 is 0 Å². The Labute approximate surface area is 224 Å². The molecule has 5 aromatic rings. The number of sulfonamides is 1. The summed E-state index contributed by atoms with van der Waals surface area (Å²) in [6, 6.07) is 22.2. The van der Waals surface area contributed by atoms with Crippen molar-refractivity contribution in [3.63, 3.8) is 0 Å². The Hall–Kier alpha value is -4.48. The molecule has 9 nitrogen and oxygen atoms in total. The maximum Gasteiger partial charge on any atom is 0.249 e. The number of para-hydroxylation sites is 1.